The number of rotatable bonds is 3. The quantitative estimate of drug-likeness (QED) is 0.661. The Hall–Kier alpha value is -3.09. The molecule has 1 heterocycles. The summed E-state index contributed by atoms with van der Waals surface area (Å²) in [5.41, 5.74) is -0.0279. The van der Waals surface area contributed by atoms with E-state index in [-0.39, 0.29) is 16.8 Å². The lowest BCUT2D eigenvalue weighted by Crippen LogP contribution is -2.08. The van der Waals surface area contributed by atoms with Gasteiger partial charge in [-0.1, -0.05) is 30.3 Å². The Morgan fingerprint density at radius 2 is 1.81 bits per heavy atom. The number of halogens is 3. The zero-order chi connectivity index (χ0) is 18.9. The van der Waals surface area contributed by atoms with Gasteiger partial charge in [0.05, 0.1) is 18.2 Å². The number of carbonyl (C=O) groups excluding carboxylic acids is 1. The number of esters is 1. The molecule has 0 atom stereocenters. The summed E-state index contributed by atoms with van der Waals surface area (Å²) in [4.78, 5) is 16.1. The fraction of sp³-hybridized carbons (Fsp3) is 0.158. The van der Waals surface area contributed by atoms with Crippen molar-refractivity contribution in [1.29, 1.82) is 0 Å². The van der Waals surface area contributed by atoms with Gasteiger partial charge in [-0.2, -0.15) is 13.2 Å². The number of alkyl halides is 3. The van der Waals surface area contributed by atoms with Crippen LogP contribution in [0.1, 0.15) is 21.5 Å². The van der Waals surface area contributed by atoms with E-state index in [9.17, 15) is 18.0 Å². The highest BCUT2D eigenvalue weighted by atomic mass is 19.4. The maximum Gasteiger partial charge on any atom is 0.416 e. The number of fused-ring (bicyclic) bond motifs is 1. The summed E-state index contributed by atoms with van der Waals surface area (Å²) < 4.78 is 44.1. The van der Waals surface area contributed by atoms with Crippen molar-refractivity contribution in [3.05, 3.63) is 65.4 Å². The number of nitrogens with one attached hydrogen (secondary N) is 1. The number of methoxy groups -OCH3 is 1. The minimum Gasteiger partial charge on any atom is -0.465 e. The zero-order valence-electron chi connectivity index (χ0n) is 14.0. The van der Waals surface area contributed by atoms with Crippen LogP contribution in [0.4, 0.5) is 24.7 Å². The van der Waals surface area contributed by atoms with Crippen molar-refractivity contribution in [2.75, 3.05) is 12.4 Å². The van der Waals surface area contributed by atoms with Crippen molar-refractivity contribution in [2.45, 2.75) is 13.1 Å². The highest BCUT2D eigenvalue weighted by Gasteiger charge is 2.32. The molecule has 0 aliphatic carbocycles. The molecule has 0 saturated carbocycles. The number of nitrogens with zero attached hydrogens (tertiary/aromatic N) is 1. The molecule has 0 bridgehead atoms. The molecule has 3 aromatic rings. The first kappa shape index (κ1) is 17.7. The van der Waals surface area contributed by atoms with E-state index < -0.39 is 17.7 Å². The highest BCUT2D eigenvalue weighted by molar-refractivity contribution is 6.07. The predicted molar refractivity (Wildman–Crippen MR) is 92.5 cm³/mol. The molecule has 0 spiro atoms. The molecule has 0 aliphatic heterocycles. The third-order valence-corrected chi connectivity index (χ3v) is 4.01. The van der Waals surface area contributed by atoms with Crippen LogP contribution in [0.2, 0.25) is 0 Å². The predicted octanol–water partition coefficient (Wildman–Crippen LogP) is 5.09. The Morgan fingerprint density at radius 1 is 1.12 bits per heavy atom. The molecule has 0 aliphatic rings. The number of ether oxygens (including phenoxy) is 1. The maximum absolute atomic E-state index is 13.1. The van der Waals surface area contributed by atoms with Gasteiger partial charge in [0.25, 0.3) is 0 Å². The fourth-order valence-corrected chi connectivity index (χ4v) is 2.71. The Kier molecular flexibility index (Phi) is 4.54. The normalized spacial score (nSPS) is 11.4. The smallest absolute Gasteiger partial charge is 0.416 e. The van der Waals surface area contributed by atoms with Gasteiger partial charge in [0, 0.05) is 22.7 Å². The van der Waals surface area contributed by atoms with Gasteiger partial charge in [-0.3, -0.25) is 0 Å². The molecule has 4 nitrogen and oxygen atoms in total. The standard InChI is InChI=1S/C19H15F3N2O2/c1-11-7-8-12(9-16(11)19(20,21)22)24-17-14-6-4-3-5-13(14)15(10-23-17)18(25)26-2/h3-10H,1-2H3,(H,23,24). The minimum absolute atomic E-state index is 0.141. The van der Waals surface area contributed by atoms with Crippen molar-refractivity contribution in [3.63, 3.8) is 0 Å². The van der Waals surface area contributed by atoms with Crippen LogP contribution in [0.15, 0.2) is 48.7 Å². The van der Waals surface area contributed by atoms with E-state index in [0.29, 0.717) is 16.6 Å². The summed E-state index contributed by atoms with van der Waals surface area (Å²) in [7, 11) is 1.27. The number of anilines is 2. The van der Waals surface area contributed by atoms with Crippen molar-refractivity contribution in [3.8, 4) is 0 Å². The highest BCUT2D eigenvalue weighted by Crippen LogP contribution is 2.35. The SMILES string of the molecule is COC(=O)c1cnc(Nc2ccc(C)c(C(F)(F)F)c2)c2ccccc12. The fourth-order valence-electron chi connectivity index (χ4n) is 2.71. The molecule has 0 radical (unpaired) electrons. The maximum atomic E-state index is 13.1. The molecule has 3 rings (SSSR count). The Morgan fingerprint density at radius 3 is 2.46 bits per heavy atom. The number of aromatic nitrogens is 1. The van der Waals surface area contributed by atoms with E-state index in [4.69, 9.17) is 4.74 Å². The summed E-state index contributed by atoms with van der Waals surface area (Å²) >= 11 is 0. The van der Waals surface area contributed by atoms with Gasteiger partial charge in [0.15, 0.2) is 0 Å². The van der Waals surface area contributed by atoms with Crippen molar-refractivity contribution in [2.24, 2.45) is 0 Å². The molecule has 1 N–H and O–H groups in total. The van der Waals surface area contributed by atoms with Crippen molar-refractivity contribution in [1.82, 2.24) is 4.98 Å². The monoisotopic (exact) mass is 360 g/mol. The number of pyridine rings is 1. The van der Waals surface area contributed by atoms with Gasteiger partial charge in [-0.05, 0) is 24.6 Å². The van der Waals surface area contributed by atoms with Crippen LogP contribution in [-0.2, 0) is 10.9 Å². The van der Waals surface area contributed by atoms with Crippen molar-refractivity contribution < 1.29 is 22.7 Å². The molecule has 0 unspecified atom stereocenters. The molecule has 26 heavy (non-hydrogen) atoms. The Balaban J connectivity index is 2.07. The van der Waals surface area contributed by atoms with Crippen molar-refractivity contribution >= 4 is 28.2 Å². The molecule has 0 amide bonds. The number of carbonyl (C=O) groups is 1. The molecule has 7 heteroatoms. The van der Waals surface area contributed by atoms with E-state index in [1.807, 2.05) is 0 Å². The molecular weight excluding hydrogens is 345 g/mol. The molecule has 0 fully saturated rings. The average Bonchev–Trinajstić information content (AvgIpc) is 2.62. The van der Waals surface area contributed by atoms with Crippen LogP contribution in [0, 0.1) is 6.92 Å². The van der Waals surface area contributed by atoms with E-state index in [2.05, 4.69) is 10.3 Å². The van der Waals surface area contributed by atoms with Gasteiger partial charge >= 0.3 is 12.1 Å². The Labute approximate surface area is 147 Å². The average molecular weight is 360 g/mol. The van der Waals surface area contributed by atoms with Crippen LogP contribution < -0.4 is 5.32 Å². The lowest BCUT2D eigenvalue weighted by molar-refractivity contribution is -0.138. The van der Waals surface area contributed by atoms with E-state index in [1.165, 1.54) is 26.3 Å². The zero-order valence-corrected chi connectivity index (χ0v) is 14.0. The first-order valence-corrected chi connectivity index (χ1v) is 7.72. The number of hydrogen-bond donors (Lipinski definition) is 1. The van der Waals surface area contributed by atoms with Gasteiger partial charge in [0.1, 0.15) is 5.82 Å². The first-order valence-electron chi connectivity index (χ1n) is 7.72. The van der Waals surface area contributed by atoms with Gasteiger partial charge < -0.3 is 10.1 Å². The van der Waals surface area contributed by atoms with Crippen LogP contribution in [0.5, 0.6) is 0 Å². The largest absolute Gasteiger partial charge is 0.465 e. The summed E-state index contributed by atoms with van der Waals surface area (Å²) in [6.07, 6.45) is -3.10. The van der Waals surface area contributed by atoms with Gasteiger partial charge in [-0.15, -0.1) is 0 Å². The second-order valence-corrected chi connectivity index (χ2v) is 5.71. The lowest BCUT2D eigenvalue weighted by atomic mass is 10.1. The molecule has 2 aromatic carbocycles. The lowest BCUT2D eigenvalue weighted by Gasteiger charge is -2.14. The number of hydrogen-bond acceptors (Lipinski definition) is 4. The third-order valence-electron chi connectivity index (χ3n) is 4.01. The molecule has 1 aromatic heterocycles. The van der Waals surface area contributed by atoms with Gasteiger partial charge in [0.2, 0.25) is 0 Å². The summed E-state index contributed by atoms with van der Waals surface area (Å²) in [6.45, 7) is 1.41. The van der Waals surface area contributed by atoms with Gasteiger partial charge in [-0.25, -0.2) is 9.78 Å². The van der Waals surface area contributed by atoms with Crippen LogP contribution in [-0.4, -0.2) is 18.1 Å². The topological polar surface area (TPSA) is 51.2 Å². The molecule has 0 saturated heterocycles. The second kappa shape index (κ2) is 6.67. The third kappa shape index (κ3) is 3.33. The second-order valence-electron chi connectivity index (χ2n) is 5.71. The first-order chi connectivity index (χ1) is 12.3. The summed E-state index contributed by atoms with van der Waals surface area (Å²) in [6, 6.07) is 11.0. The number of aryl methyl sites for hydroxylation is 1. The van der Waals surface area contributed by atoms with Crippen LogP contribution in [0.3, 0.4) is 0 Å². The van der Waals surface area contributed by atoms with E-state index in [0.717, 1.165) is 6.07 Å². The van der Waals surface area contributed by atoms with E-state index >= 15 is 0 Å². The number of benzene rings is 2. The summed E-state index contributed by atoms with van der Waals surface area (Å²) in [5.74, 6) is -0.180. The van der Waals surface area contributed by atoms with E-state index in [1.54, 1.807) is 30.3 Å². The minimum atomic E-state index is -4.44. The van der Waals surface area contributed by atoms with Crippen LogP contribution >= 0.6 is 0 Å². The Bertz CT molecular complexity index is 984. The molecule has 134 valence electrons. The summed E-state index contributed by atoms with van der Waals surface area (Å²) in [5, 5.41) is 4.11. The van der Waals surface area contributed by atoms with Crippen LogP contribution in [0.25, 0.3) is 10.8 Å². The molecular formula is C19H15F3N2O2.